The number of rotatable bonds is 4. The van der Waals surface area contributed by atoms with Crippen molar-refractivity contribution in [2.45, 2.75) is 51.1 Å². The molecular weight excluding hydrogens is 200 g/mol. The van der Waals surface area contributed by atoms with Crippen LogP contribution < -0.4 is 5.32 Å². The van der Waals surface area contributed by atoms with E-state index in [1.165, 1.54) is 51.7 Å². The zero-order valence-electron chi connectivity index (χ0n) is 10.6. The van der Waals surface area contributed by atoms with Crippen LogP contribution in [0.1, 0.15) is 39.0 Å². The molecule has 1 N–H and O–H groups in total. The quantitative estimate of drug-likeness (QED) is 0.788. The van der Waals surface area contributed by atoms with Crippen molar-refractivity contribution in [3.8, 4) is 0 Å². The summed E-state index contributed by atoms with van der Waals surface area (Å²) in [5.41, 5.74) is 0. The van der Waals surface area contributed by atoms with Crippen LogP contribution in [0.3, 0.4) is 0 Å². The molecule has 0 saturated carbocycles. The van der Waals surface area contributed by atoms with Crippen LogP contribution in [0.15, 0.2) is 0 Å². The number of piperidine rings is 1. The molecule has 0 aromatic rings. The van der Waals surface area contributed by atoms with E-state index in [-0.39, 0.29) is 0 Å². The normalized spacial score (nSPS) is 26.8. The van der Waals surface area contributed by atoms with E-state index in [1.807, 2.05) is 0 Å². The van der Waals surface area contributed by atoms with E-state index in [4.69, 9.17) is 4.74 Å². The average Bonchev–Trinajstić information content (AvgIpc) is 2.31. The second kappa shape index (κ2) is 6.58. The van der Waals surface area contributed by atoms with Gasteiger partial charge in [-0.3, -0.25) is 0 Å². The van der Waals surface area contributed by atoms with E-state index in [9.17, 15) is 0 Å². The lowest BCUT2D eigenvalue weighted by molar-refractivity contribution is 0.0731. The third-order valence-electron chi connectivity index (χ3n) is 3.72. The Morgan fingerprint density at radius 3 is 2.56 bits per heavy atom. The highest BCUT2D eigenvalue weighted by molar-refractivity contribution is 4.77. The largest absolute Gasteiger partial charge is 0.381 e. The fourth-order valence-corrected chi connectivity index (χ4v) is 2.85. The van der Waals surface area contributed by atoms with Crippen LogP contribution in [-0.4, -0.2) is 49.8 Å². The van der Waals surface area contributed by atoms with E-state index in [0.717, 1.165) is 13.2 Å². The van der Waals surface area contributed by atoms with Gasteiger partial charge >= 0.3 is 0 Å². The van der Waals surface area contributed by atoms with Gasteiger partial charge in [-0.25, -0.2) is 0 Å². The highest BCUT2D eigenvalue weighted by Gasteiger charge is 2.18. The van der Waals surface area contributed by atoms with Crippen molar-refractivity contribution in [2.75, 3.05) is 32.8 Å². The lowest BCUT2D eigenvalue weighted by atomic mass is 10.1. The van der Waals surface area contributed by atoms with E-state index in [0.29, 0.717) is 12.1 Å². The summed E-state index contributed by atoms with van der Waals surface area (Å²) in [4.78, 5) is 2.61. The minimum Gasteiger partial charge on any atom is -0.381 e. The highest BCUT2D eigenvalue weighted by atomic mass is 16.5. The molecule has 2 fully saturated rings. The van der Waals surface area contributed by atoms with Gasteiger partial charge in [-0.15, -0.1) is 0 Å². The van der Waals surface area contributed by atoms with Crippen molar-refractivity contribution >= 4 is 0 Å². The molecular formula is C13H26N2O. The van der Waals surface area contributed by atoms with Gasteiger partial charge < -0.3 is 15.0 Å². The Hall–Kier alpha value is -0.120. The van der Waals surface area contributed by atoms with E-state index in [2.05, 4.69) is 17.1 Å². The molecule has 3 nitrogen and oxygen atoms in total. The zero-order chi connectivity index (χ0) is 11.2. The number of nitrogens with zero attached hydrogens (tertiary/aromatic N) is 1. The van der Waals surface area contributed by atoms with Crippen molar-refractivity contribution in [1.29, 1.82) is 0 Å². The van der Waals surface area contributed by atoms with Crippen molar-refractivity contribution in [2.24, 2.45) is 0 Å². The molecule has 0 spiro atoms. The lowest BCUT2D eigenvalue weighted by Crippen LogP contribution is -2.46. The number of nitrogens with one attached hydrogen (secondary N) is 1. The Bertz CT molecular complexity index is 166. The molecule has 2 aliphatic rings. The van der Waals surface area contributed by atoms with E-state index >= 15 is 0 Å². The molecule has 2 saturated heterocycles. The summed E-state index contributed by atoms with van der Waals surface area (Å²) in [6.07, 6.45) is 6.58. The number of ether oxygens (including phenoxy) is 1. The maximum Gasteiger partial charge on any atom is 0.0480 e. The van der Waals surface area contributed by atoms with Crippen LogP contribution in [0.4, 0.5) is 0 Å². The first-order valence-corrected chi connectivity index (χ1v) is 6.91. The van der Waals surface area contributed by atoms with Gasteiger partial charge in [0.2, 0.25) is 0 Å². The fourth-order valence-electron chi connectivity index (χ4n) is 2.85. The van der Waals surface area contributed by atoms with Gasteiger partial charge in [-0.05, 0) is 45.7 Å². The predicted octanol–water partition coefficient (Wildman–Crippen LogP) is 1.63. The highest BCUT2D eigenvalue weighted by Crippen LogP contribution is 2.11. The minimum absolute atomic E-state index is 0.626. The molecule has 0 radical (unpaired) electrons. The summed E-state index contributed by atoms with van der Waals surface area (Å²) in [6, 6.07) is 1.31. The molecule has 0 bridgehead atoms. The van der Waals surface area contributed by atoms with Gasteiger partial charge in [0.25, 0.3) is 0 Å². The topological polar surface area (TPSA) is 24.5 Å². The third kappa shape index (κ3) is 4.04. The van der Waals surface area contributed by atoms with Gasteiger partial charge in [0, 0.05) is 31.8 Å². The predicted molar refractivity (Wildman–Crippen MR) is 66.7 cm³/mol. The van der Waals surface area contributed by atoms with Crippen molar-refractivity contribution in [3.63, 3.8) is 0 Å². The first-order chi connectivity index (χ1) is 7.84. The molecule has 2 aliphatic heterocycles. The summed E-state index contributed by atoms with van der Waals surface area (Å²) in [5.74, 6) is 0. The summed E-state index contributed by atoms with van der Waals surface area (Å²) in [7, 11) is 0. The standard InChI is InChI=1S/C13H26N2O/c1-12(11-15-7-3-2-4-8-15)14-13-5-9-16-10-6-13/h12-14H,2-11H2,1H3. The molecule has 1 atom stereocenters. The Morgan fingerprint density at radius 1 is 1.19 bits per heavy atom. The summed E-state index contributed by atoms with van der Waals surface area (Å²) < 4.78 is 5.38. The van der Waals surface area contributed by atoms with Gasteiger partial charge in [0.15, 0.2) is 0 Å². The molecule has 94 valence electrons. The monoisotopic (exact) mass is 226 g/mol. The molecule has 0 aromatic heterocycles. The van der Waals surface area contributed by atoms with Gasteiger partial charge in [-0.1, -0.05) is 6.42 Å². The second-order valence-corrected chi connectivity index (χ2v) is 5.32. The van der Waals surface area contributed by atoms with Crippen LogP contribution in [0, 0.1) is 0 Å². The molecule has 0 aliphatic carbocycles. The first kappa shape index (κ1) is 12.3. The molecule has 1 unspecified atom stereocenters. The number of hydrogen-bond acceptors (Lipinski definition) is 3. The molecule has 0 aromatic carbocycles. The van der Waals surface area contributed by atoms with Gasteiger partial charge in [-0.2, -0.15) is 0 Å². The lowest BCUT2D eigenvalue weighted by Gasteiger charge is -2.32. The van der Waals surface area contributed by atoms with Crippen LogP contribution >= 0.6 is 0 Å². The van der Waals surface area contributed by atoms with Crippen LogP contribution in [0.2, 0.25) is 0 Å². The molecule has 2 heterocycles. The van der Waals surface area contributed by atoms with Crippen molar-refractivity contribution in [1.82, 2.24) is 10.2 Å². The Balaban J connectivity index is 1.64. The molecule has 3 heteroatoms. The van der Waals surface area contributed by atoms with Gasteiger partial charge in [0.05, 0.1) is 0 Å². The summed E-state index contributed by atoms with van der Waals surface area (Å²) in [5, 5.41) is 3.74. The van der Waals surface area contributed by atoms with Crippen molar-refractivity contribution < 1.29 is 4.74 Å². The number of likely N-dealkylation sites (tertiary alicyclic amines) is 1. The van der Waals surface area contributed by atoms with Crippen LogP contribution in [-0.2, 0) is 4.74 Å². The van der Waals surface area contributed by atoms with Crippen molar-refractivity contribution in [3.05, 3.63) is 0 Å². The average molecular weight is 226 g/mol. The Labute approximate surface area is 99.5 Å². The molecule has 16 heavy (non-hydrogen) atoms. The van der Waals surface area contributed by atoms with E-state index in [1.54, 1.807) is 0 Å². The van der Waals surface area contributed by atoms with Gasteiger partial charge in [0.1, 0.15) is 0 Å². The molecule has 2 rings (SSSR count). The van der Waals surface area contributed by atoms with E-state index < -0.39 is 0 Å². The van der Waals surface area contributed by atoms with Crippen LogP contribution in [0.25, 0.3) is 0 Å². The fraction of sp³-hybridized carbons (Fsp3) is 1.00. The smallest absolute Gasteiger partial charge is 0.0480 e. The maximum atomic E-state index is 5.38. The Morgan fingerprint density at radius 2 is 1.88 bits per heavy atom. The van der Waals surface area contributed by atoms with Crippen LogP contribution in [0.5, 0.6) is 0 Å². The maximum absolute atomic E-state index is 5.38. The first-order valence-electron chi connectivity index (χ1n) is 6.91. The third-order valence-corrected chi connectivity index (χ3v) is 3.72. The Kier molecular flexibility index (Phi) is 5.07. The number of hydrogen-bond donors (Lipinski definition) is 1. The molecule has 0 amide bonds. The summed E-state index contributed by atoms with van der Waals surface area (Å²) in [6.45, 7) is 8.03. The summed E-state index contributed by atoms with van der Waals surface area (Å²) >= 11 is 0. The SMILES string of the molecule is CC(CN1CCCCC1)NC1CCOCC1. The zero-order valence-corrected chi connectivity index (χ0v) is 10.6. The second-order valence-electron chi connectivity index (χ2n) is 5.32. The minimum atomic E-state index is 0.626.